The summed E-state index contributed by atoms with van der Waals surface area (Å²) in [5.74, 6) is 0.439. The molecule has 0 aromatic rings. The Hall–Kier alpha value is -0.420. The van der Waals surface area contributed by atoms with Gasteiger partial charge in [0.2, 0.25) is 6.29 Å². The largest absolute Gasteiger partial charge is 0.508 e. The van der Waals surface area contributed by atoms with Gasteiger partial charge in [0.15, 0.2) is 0 Å². The van der Waals surface area contributed by atoms with Gasteiger partial charge in [-0.05, 0) is 13.2 Å². The first-order chi connectivity index (χ1) is 4.66. The Morgan fingerprint density at radius 1 is 1.80 bits per heavy atom. The second-order valence-electron chi connectivity index (χ2n) is 1.52. The van der Waals surface area contributed by atoms with Crippen LogP contribution in [0.1, 0.15) is 6.92 Å². The summed E-state index contributed by atoms with van der Waals surface area (Å²) in [5.41, 5.74) is 0. The molecule has 0 radical (unpaired) electrons. The zero-order valence-corrected chi connectivity index (χ0v) is 6.68. The summed E-state index contributed by atoms with van der Waals surface area (Å²) < 4.78 is 9.10. The molecule has 4 nitrogen and oxygen atoms in total. The van der Waals surface area contributed by atoms with E-state index in [1.807, 2.05) is 6.26 Å². The van der Waals surface area contributed by atoms with Crippen molar-refractivity contribution in [3.63, 3.8) is 0 Å². The molecule has 60 valence electrons. The van der Waals surface area contributed by atoms with Crippen molar-refractivity contribution in [3.05, 3.63) is 0 Å². The predicted octanol–water partition coefficient (Wildman–Crippen LogP) is 1.36. The summed E-state index contributed by atoms with van der Waals surface area (Å²) in [6, 6.07) is 0. The second kappa shape index (κ2) is 5.37. The molecular formula is C5H10O4S. The third kappa shape index (κ3) is 5.71. The monoisotopic (exact) mass is 166 g/mol. The van der Waals surface area contributed by atoms with Gasteiger partial charge in [-0.1, -0.05) is 0 Å². The maximum absolute atomic E-state index is 9.86. The van der Waals surface area contributed by atoms with Crippen LogP contribution in [0.3, 0.4) is 0 Å². The van der Waals surface area contributed by atoms with Crippen LogP contribution < -0.4 is 0 Å². The topological polar surface area (TPSA) is 55.8 Å². The lowest BCUT2D eigenvalue weighted by Gasteiger charge is -2.09. The first-order valence-electron chi connectivity index (χ1n) is 2.67. The van der Waals surface area contributed by atoms with E-state index in [-0.39, 0.29) is 0 Å². The van der Waals surface area contributed by atoms with Crippen LogP contribution in [-0.2, 0) is 9.47 Å². The molecule has 5 heteroatoms. The molecule has 0 spiro atoms. The molecule has 1 atom stereocenters. The van der Waals surface area contributed by atoms with Gasteiger partial charge < -0.3 is 14.6 Å². The van der Waals surface area contributed by atoms with Gasteiger partial charge in [0.25, 0.3) is 0 Å². The van der Waals surface area contributed by atoms with Gasteiger partial charge in [-0.25, -0.2) is 4.79 Å². The number of hydrogen-bond acceptors (Lipinski definition) is 4. The molecule has 10 heavy (non-hydrogen) atoms. The Morgan fingerprint density at radius 2 is 2.40 bits per heavy atom. The Morgan fingerprint density at radius 3 is 2.80 bits per heavy atom. The zero-order valence-electron chi connectivity index (χ0n) is 5.86. The molecule has 0 aromatic heterocycles. The Kier molecular flexibility index (Phi) is 5.15. The highest BCUT2D eigenvalue weighted by atomic mass is 32.2. The smallest absolute Gasteiger partial charge is 0.450 e. The lowest BCUT2D eigenvalue weighted by molar-refractivity contribution is -0.0886. The average Bonchev–Trinajstić information content (AvgIpc) is 1.82. The molecule has 0 fully saturated rings. The van der Waals surface area contributed by atoms with Crippen molar-refractivity contribution in [1.29, 1.82) is 0 Å². The highest BCUT2D eigenvalue weighted by molar-refractivity contribution is 7.98. The number of carboxylic acid groups (broad SMARTS) is 1. The van der Waals surface area contributed by atoms with Crippen molar-refractivity contribution in [1.82, 2.24) is 0 Å². The lowest BCUT2D eigenvalue weighted by Crippen LogP contribution is -2.16. The lowest BCUT2D eigenvalue weighted by atomic mass is 10.8. The molecule has 0 aliphatic rings. The van der Waals surface area contributed by atoms with Crippen LogP contribution in [-0.4, -0.2) is 29.7 Å². The average molecular weight is 166 g/mol. The molecular weight excluding hydrogens is 156 g/mol. The van der Waals surface area contributed by atoms with Crippen LogP contribution in [0, 0.1) is 0 Å². The molecule has 0 aromatic carbocycles. The van der Waals surface area contributed by atoms with E-state index in [0.717, 1.165) is 0 Å². The van der Waals surface area contributed by atoms with Crippen LogP contribution >= 0.6 is 11.8 Å². The third-order valence-corrected chi connectivity index (χ3v) is 1.06. The van der Waals surface area contributed by atoms with Crippen LogP contribution in [0.15, 0.2) is 0 Å². The fourth-order valence-corrected chi connectivity index (χ4v) is 0.668. The highest BCUT2D eigenvalue weighted by Crippen LogP contribution is 1.99. The molecule has 0 aliphatic carbocycles. The Bertz CT molecular complexity index is 106. The minimum Gasteiger partial charge on any atom is -0.450 e. The van der Waals surface area contributed by atoms with Crippen molar-refractivity contribution in [2.24, 2.45) is 0 Å². The van der Waals surface area contributed by atoms with E-state index in [1.54, 1.807) is 0 Å². The van der Waals surface area contributed by atoms with Crippen LogP contribution in [0.4, 0.5) is 4.79 Å². The fourth-order valence-electron chi connectivity index (χ4n) is 0.340. The third-order valence-electron chi connectivity index (χ3n) is 0.687. The first kappa shape index (κ1) is 9.58. The van der Waals surface area contributed by atoms with E-state index in [4.69, 9.17) is 9.84 Å². The summed E-state index contributed by atoms with van der Waals surface area (Å²) in [6.07, 6.45) is -0.133. The molecule has 0 saturated heterocycles. The van der Waals surface area contributed by atoms with Gasteiger partial charge in [-0.2, -0.15) is 0 Å². The summed E-state index contributed by atoms with van der Waals surface area (Å²) >= 11 is 1.46. The van der Waals surface area contributed by atoms with E-state index in [0.29, 0.717) is 5.94 Å². The molecule has 0 bridgehead atoms. The summed E-state index contributed by atoms with van der Waals surface area (Å²) in [4.78, 5) is 9.86. The SMILES string of the molecule is CSCOC(C)OC(=O)O. The molecule has 0 amide bonds. The molecule has 0 rings (SSSR count). The predicted molar refractivity (Wildman–Crippen MR) is 38.0 cm³/mol. The highest BCUT2D eigenvalue weighted by Gasteiger charge is 2.05. The van der Waals surface area contributed by atoms with Gasteiger partial charge >= 0.3 is 6.16 Å². The van der Waals surface area contributed by atoms with Crippen LogP contribution in [0.25, 0.3) is 0 Å². The van der Waals surface area contributed by atoms with Gasteiger partial charge in [0.1, 0.15) is 0 Å². The van der Waals surface area contributed by atoms with Crippen molar-refractivity contribution < 1.29 is 19.4 Å². The standard InChI is InChI=1S/C5H10O4S/c1-4(8-3-10-2)9-5(6)7/h4H,3H2,1-2H3,(H,6,7). The first-order valence-corrected chi connectivity index (χ1v) is 4.06. The van der Waals surface area contributed by atoms with E-state index < -0.39 is 12.4 Å². The Labute approximate surface area is 63.5 Å². The summed E-state index contributed by atoms with van der Waals surface area (Å²) in [7, 11) is 0. The second-order valence-corrected chi connectivity index (χ2v) is 2.34. The maximum atomic E-state index is 9.86. The van der Waals surface area contributed by atoms with Crippen molar-refractivity contribution in [2.45, 2.75) is 13.2 Å². The van der Waals surface area contributed by atoms with Gasteiger partial charge in [-0.3, -0.25) is 0 Å². The molecule has 1 N–H and O–H groups in total. The van der Waals surface area contributed by atoms with Crippen molar-refractivity contribution >= 4 is 17.9 Å². The number of rotatable bonds is 4. The quantitative estimate of drug-likeness (QED) is 0.505. The number of thioether (sulfide) groups is 1. The molecule has 1 unspecified atom stereocenters. The van der Waals surface area contributed by atoms with Gasteiger partial charge in [-0.15, -0.1) is 11.8 Å². The van der Waals surface area contributed by atoms with E-state index in [2.05, 4.69) is 4.74 Å². The van der Waals surface area contributed by atoms with Crippen molar-refractivity contribution in [3.8, 4) is 0 Å². The minimum atomic E-state index is -1.31. The van der Waals surface area contributed by atoms with Crippen LogP contribution in [0.2, 0.25) is 0 Å². The van der Waals surface area contributed by atoms with E-state index in [9.17, 15) is 4.79 Å². The van der Waals surface area contributed by atoms with Gasteiger partial charge in [0, 0.05) is 0 Å². The van der Waals surface area contributed by atoms with E-state index in [1.165, 1.54) is 18.7 Å². The summed E-state index contributed by atoms with van der Waals surface area (Å²) in [5, 5.41) is 8.07. The normalized spacial score (nSPS) is 12.6. The molecule has 0 heterocycles. The zero-order chi connectivity index (χ0) is 7.98. The van der Waals surface area contributed by atoms with Crippen molar-refractivity contribution in [2.75, 3.05) is 12.2 Å². The molecule has 0 aliphatic heterocycles. The fraction of sp³-hybridized carbons (Fsp3) is 0.800. The maximum Gasteiger partial charge on any atom is 0.508 e. The minimum absolute atomic E-state index is 0.439. The number of hydrogen-bond donors (Lipinski definition) is 1. The van der Waals surface area contributed by atoms with Gasteiger partial charge in [0.05, 0.1) is 5.94 Å². The number of carbonyl (C=O) groups is 1. The number of ether oxygens (including phenoxy) is 2. The van der Waals surface area contributed by atoms with Crippen LogP contribution in [0.5, 0.6) is 0 Å². The molecule has 0 saturated carbocycles. The summed E-state index contributed by atoms with van der Waals surface area (Å²) in [6.45, 7) is 1.53. The van der Waals surface area contributed by atoms with E-state index >= 15 is 0 Å². The Balaban J connectivity index is 3.25.